The molecule has 1 aromatic carbocycles. The molecule has 1 unspecified atom stereocenters. The predicted octanol–water partition coefficient (Wildman–Crippen LogP) is -0.187. The molecule has 1 atom stereocenters. The number of benzene rings is 1. The minimum absolute atomic E-state index is 0.169. The van der Waals surface area contributed by atoms with E-state index in [2.05, 4.69) is 5.32 Å². The van der Waals surface area contributed by atoms with Crippen LogP contribution in [0.5, 0.6) is 0 Å². The molecule has 0 amide bonds. The van der Waals surface area contributed by atoms with Crippen molar-refractivity contribution in [1.82, 2.24) is 14.7 Å². The maximum Gasteiger partial charge on any atom is 0.317 e. The van der Waals surface area contributed by atoms with E-state index >= 15 is 0 Å². The molecule has 30 heavy (non-hydrogen) atoms. The average molecular weight is 422 g/mol. The molecule has 2 rings (SSSR count). The third-order valence-electron chi connectivity index (χ3n) is 5.19. The van der Waals surface area contributed by atoms with Gasteiger partial charge in [-0.15, -0.1) is 0 Å². The highest BCUT2D eigenvalue weighted by atomic mass is 16.4. The van der Waals surface area contributed by atoms with Crippen LogP contribution in [0.1, 0.15) is 5.56 Å². The summed E-state index contributed by atoms with van der Waals surface area (Å²) in [6.45, 7) is 1.43. The molecule has 0 spiro atoms. The first-order valence-electron chi connectivity index (χ1n) is 9.87. The largest absolute Gasteiger partial charge is 0.480 e. The van der Waals surface area contributed by atoms with E-state index in [4.69, 9.17) is 5.11 Å². The number of carboxylic acids is 3. The molecular weight excluding hydrogens is 392 g/mol. The molecule has 4 N–H and O–H groups in total. The first kappa shape index (κ1) is 23.6. The summed E-state index contributed by atoms with van der Waals surface area (Å²) >= 11 is 0. The molecule has 0 saturated carbocycles. The van der Waals surface area contributed by atoms with Crippen molar-refractivity contribution < 1.29 is 29.7 Å². The van der Waals surface area contributed by atoms with Gasteiger partial charge in [-0.2, -0.15) is 0 Å². The highest BCUT2D eigenvalue weighted by Gasteiger charge is 2.27. The number of anilines is 1. The molecule has 10 heteroatoms. The second kappa shape index (κ2) is 11.5. The van der Waals surface area contributed by atoms with Crippen molar-refractivity contribution >= 4 is 23.6 Å². The molecule has 0 radical (unpaired) electrons. The van der Waals surface area contributed by atoms with Crippen molar-refractivity contribution in [3.05, 3.63) is 29.8 Å². The number of rotatable bonds is 9. The Balaban J connectivity index is 2.26. The third kappa shape index (κ3) is 7.97. The van der Waals surface area contributed by atoms with Crippen molar-refractivity contribution in [2.45, 2.75) is 12.5 Å². The van der Waals surface area contributed by atoms with Gasteiger partial charge in [-0.1, -0.05) is 12.1 Å². The van der Waals surface area contributed by atoms with E-state index in [0.29, 0.717) is 39.1 Å². The Hall–Kier alpha value is -2.69. The first-order chi connectivity index (χ1) is 14.3. The number of aliphatic carboxylic acids is 3. The lowest BCUT2D eigenvalue weighted by molar-refractivity contribution is -0.140. The van der Waals surface area contributed by atoms with Gasteiger partial charge in [0.2, 0.25) is 0 Å². The second-order valence-electron chi connectivity index (χ2n) is 7.47. The third-order valence-corrected chi connectivity index (χ3v) is 5.19. The molecule has 1 saturated heterocycles. The molecule has 1 heterocycles. The van der Waals surface area contributed by atoms with Gasteiger partial charge in [0.25, 0.3) is 0 Å². The maximum absolute atomic E-state index is 11.5. The van der Waals surface area contributed by atoms with Crippen LogP contribution < -0.4 is 5.32 Å². The fourth-order valence-electron chi connectivity index (χ4n) is 3.69. The Morgan fingerprint density at radius 2 is 1.40 bits per heavy atom. The van der Waals surface area contributed by atoms with Crippen molar-refractivity contribution in [1.29, 1.82) is 0 Å². The first-order valence-corrected chi connectivity index (χ1v) is 9.87. The average Bonchev–Trinajstić information content (AvgIpc) is 2.73. The lowest BCUT2D eigenvalue weighted by Gasteiger charge is -2.33. The number of hydrogen-bond acceptors (Lipinski definition) is 7. The second-order valence-corrected chi connectivity index (χ2v) is 7.47. The number of carboxylic acid groups (broad SMARTS) is 3. The predicted molar refractivity (Wildman–Crippen MR) is 111 cm³/mol. The van der Waals surface area contributed by atoms with E-state index in [1.807, 2.05) is 36.2 Å². The van der Waals surface area contributed by atoms with Crippen LogP contribution in [0.3, 0.4) is 0 Å². The van der Waals surface area contributed by atoms with Gasteiger partial charge in [0.1, 0.15) is 0 Å². The van der Waals surface area contributed by atoms with Crippen molar-refractivity contribution in [3.8, 4) is 0 Å². The lowest BCUT2D eigenvalue weighted by atomic mass is 10.0. The van der Waals surface area contributed by atoms with Crippen LogP contribution in [0, 0.1) is 0 Å². The number of nitrogens with zero attached hydrogens (tertiary/aromatic N) is 3. The molecule has 10 nitrogen and oxygen atoms in total. The van der Waals surface area contributed by atoms with E-state index in [9.17, 15) is 24.6 Å². The zero-order valence-electron chi connectivity index (χ0n) is 17.2. The lowest BCUT2D eigenvalue weighted by Crippen LogP contribution is -2.49. The normalized spacial score (nSPS) is 19.4. The molecule has 0 aliphatic carbocycles. The smallest absolute Gasteiger partial charge is 0.317 e. The minimum atomic E-state index is -0.973. The summed E-state index contributed by atoms with van der Waals surface area (Å²) in [4.78, 5) is 39.3. The van der Waals surface area contributed by atoms with Crippen LogP contribution in [0.4, 0.5) is 5.69 Å². The summed E-state index contributed by atoms with van der Waals surface area (Å²) in [6.07, 6.45) is 0.562. The highest BCUT2D eigenvalue weighted by Crippen LogP contribution is 2.16. The Labute approximate surface area is 175 Å². The van der Waals surface area contributed by atoms with Gasteiger partial charge in [-0.05, 0) is 24.1 Å². The molecule has 0 bridgehead atoms. The SMILES string of the molecule is CNc1ccc(CC2CN(CC(=O)O)CCN(CC(=O)O)CCN2CC(=O)O)cc1. The van der Waals surface area contributed by atoms with Gasteiger partial charge in [-0.3, -0.25) is 29.1 Å². The van der Waals surface area contributed by atoms with E-state index in [-0.39, 0.29) is 25.7 Å². The molecule has 0 aromatic heterocycles. The van der Waals surface area contributed by atoms with Gasteiger partial charge in [0.15, 0.2) is 0 Å². The van der Waals surface area contributed by atoms with E-state index in [1.54, 1.807) is 9.80 Å². The summed E-state index contributed by atoms with van der Waals surface area (Å²) in [7, 11) is 1.83. The molecule has 1 fully saturated rings. The molecular formula is C20H30N4O6. The van der Waals surface area contributed by atoms with E-state index in [0.717, 1.165) is 11.3 Å². The molecule has 166 valence electrons. The number of nitrogens with one attached hydrogen (secondary N) is 1. The molecule has 1 aliphatic heterocycles. The highest BCUT2D eigenvalue weighted by molar-refractivity contribution is 5.70. The fraction of sp³-hybridized carbons (Fsp3) is 0.550. The zero-order chi connectivity index (χ0) is 22.1. The molecule has 1 aliphatic rings. The standard InChI is InChI=1S/C20H30N4O6/c1-21-16-4-2-15(3-5-16)10-17-11-23(13-19(27)28)7-6-22(12-18(25)26)8-9-24(17)14-20(29)30/h2-5,17,21H,6-14H2,1H3,(H,25,26)(H,27,28)(H,29,30). The summed E-state index contributed by atoms with van der Waals surface area (Å²) < 4.78 is 0. The van der Waals surface area contributed by atoms with Crippen LogP contribution >= 0.6 is 0 Å². The quantitative estimate of drug-likeness (QED) is 0.424. The zero-order valence-corrected chi connectivity index (χ0v) is 17.2. The van der Waals surface area contributed by atoms with Gasteiger partial charge in [-0.25, -0.2) is 0 Å². The van der Waals surface area contributed by atoms with E-state index in [1.165, 1.54) is 0 Å². The monoisotopic (exact) mass is 422 g/mol. The summed E-state index contributed by atoms with van der Waals surface area (Å²) in [5, 5.41) is 30.9. The van der Waals surface area contributed by atoms with Crippen LogP contribution in [-0.4, -0.2) is 113 Å². The van der Waals surface area contributed by atoms with E-state index < -0.39 is 17.9 Å². The Bertz CT molecular complexity index is 727. The van der Waals surface area contributed by atoms with Gasteiger partial charge >= 0.3 is 17.9 Å². The Morgan fingerprint density at radius 3 is 1.97 bits per heavy atom. The summed E-state index contributed by atoms with van der Waals surface area (Å²) in [6, 6.07) is 7.60. The topological polar surface area (TPSA) is 134 Å². The van der Waals surface area contributed by atoms with Crippen LogP contribution in [0.15, 0.2) is 24.3 Å². The Morgan fingerprint density at radius 1 is 0.867 bits per heavy atom. The van der Waals surface area contributed by atoms with Gasteiger partial charge < -0.3 is 20.6 Å². The van der Waals surface area contributed by atoms with Crippen molar-refractivity contribution in [3.63, 3.8) is 0 Å². The van der Waals surface area contributed by atoms with Crippen molar-refractivity contribution in [2.75, 3.05) is 64.7 Å². The minimum Gasteiger partial charge on any atom is -0.480 e. The van der Waals surface area contributed by atoms with Crippen molar-refractivity contribution in [2.24, 2.45) is 0 Å². The van der Waals surface area contributed by atoms with Crippen LogP contribution in [0.2, 0.25) is 0 Å². The fourth-order valence-corrected chi connectivity index (χ4v) is 3.69. The van der Waals surface area contributed by atoms with Crippen LogP contribution in [-0.2, 0) is 20.8 Å². The van der Waals surface area contributed by atoms with Gasteiger partial charge in [0.05, 0.1) is 19.6 Å². The van der Waals surface area contributed by atoms with Crippen LogP contribution in [0.25, 0.3) is 0 Å². The summed E-state index contributed by atoms with van der Waals surface area (Å²) in [5.74, 6) is -2.91. The molecule has 1 aromatic rings. The number of carbonyl (C=O) groups is 3. The van der Waals surface area contributed by atoms with Gasteiger partial charge in [0, 0.05) is 51.5 Å². The maximum atomic E-state index is 11.5. The Kier molecular flexibility index (Phi) is 9.03. The number of hydrogen-bond donors (Lipinski definition) is 4. The summed E-state index contributed by atoms with van der Waals surface area (Å²) in [5.41, 5.74) is 1.98.